The molecule has 2 heterocycles. The molecule has 0 aromatic carbocycles. The summed E-state index contributed by atoms with van der Waals surface area (Å²) in [4.78, 5) is 8.51. The second kappa shape index (κ2) is 3.42. The molecule has 0 atom stereocenters. The van der Waals surface area contributed by atoms with E-state index in [0.717, 1.165) is 31.6 Å². The summed E-state index contributed by atoms with van der Waals surface area (Å²) in [6.45, 7) is 4.46. The van der Waals surface area contributed by atoms with E-state index in [2.05, 4.69) is 22.2 Å². The van der Waals surface area contributed by atoms with E-state index in [-0.39, 0.29) is 5.41 Å². The van der Waals surface area contributed by atoms with Gasteiger partial charge in [0.1, 0.15) is 0 Å². The maximum atomic E-state index is 4.38. The molecule has 2 rings (SSSR count). The molecule has 1 aromatic heterocycles. The van der Waals surface area contributed by atoms with Gasteiger partial charge < -0.3 is 5.32 Å². The Bertz CT molecular complexity index is 265. The Morgan fingerprint density at radius 1 is 1.31 bits per heavy atom. The van der Waals surface area contributed by atoms with Gasteiger partial charge in [0.25, 0.3) is 0 Å². The summed E-state index contributed by atoms with van der Waals surface area (Å²) in [6.07, 6.45) is 7.72. The Labute approximate surface area is 78.6 Å². The van der Waals surface area contributed by atoms with Gasteiger partial charge in [0, 0.05) is 24.0 Å². The Morgan fingerprint density at radius 3 is 2.69 bits per heavy atom. The van der Waals surface area contributed by atoms with Crippen molar-refractivity contribution < 1.29 is 0 Å². The highest BCUT2D eigenvalue weighted by Gasteiger charge is 2.29. The van der Waals surface area contributed by atoms with Crippen LogP contribution in [0.3, 0.4) is 0 Å². The lowest BCUT2D eigenvalue weighted by Gasteiger charge is -2.33. The van der Waals surface area contributed by atoms with Crippen LogP contribution in [0.15, 0.2) is 18.6 Å². The smallest absolute Gasteiger partial charge is 0.0646 e. The van der Waals surface area contributed by atoms with Gasteiger partial charge in [-0.3, -0.25) is 9.97 Å². The molecule has 1 aromatic rings. The predicted molar refractivity (Wildman–Crippen MR) is 51.5 cm³/mol. The van der Waals surface area contributed by atoms with Crippen LogP contribution < -0.4 is 5.32 Å². The fourth-order valence-electron chi connectivity index (χ4n) is 1.85. The lowest BCUT2D eigenvalue weighted by Crippen LogP contribution is -2.38. The molecule has 1 aliphatic rings. The molecule has 1 fully saturated rings. The number of nitrogens with zero attached hydrogens (tertiary/aromatic N) is 2. The van der Waals surface area contributed by atoms with Crippen LogP contribution >= 0.6 is 0 Å². The number of hydrogen-bond donors (Lipinski definition) is 1. The van der Waals surface area contributed by atoms with Gasteiger partial charge in [0.15, 0.2) is 0 Å². The molecule has 0 unspecified atom stereocenters. The van der Waals surface area contributed by atoms with E-state index in [9.17, 15) is 0 Å². The van der Waals surface area contributed by atoms with Gasteiger partial charge >= 0.3 is 0 Å². The van der Waals surface area contributed by atoms with Crippen molar-refractivity contribution in [1.29, 1.82) is 0 Å². The molecule has 70 valence electrons. The van der Waals surface area contributed by atoms with Gasteiger partial charge in [-0.1, -0.05) is 6.92 Å². The van der Waals surface area contributed by atoms with E-state index >= 15 is 0 Å². The summed E-state index contributed by atoms with van der Waals surface area (Å²) in [7, 11) is 0. The minimum Gasteiger partial charge on any atom is -0.317 e. The van der Waals surface area contributed by atoms with Gasteiger partial charge in [-0.15, -0.1) is 0 Å². The summed E-state index contributed by atoms with van der Waals surface area (Å²) < 4.78 is 0. The zero-order valence-electron chi connectivity index (χ0n) is 7.95. The Morgan fingerprint density at radius 2 is 2.08 bits per heavy atom. The van der Waals surface area contributed by atoms with Crippen molar-refractivity contribution >= 4 is 0 Å². The molecule has 1 aliphatic heterocycles. The number of rotatable bonds is 1. The fraction of sp³-hybridized carbons (Fsp3) is 0.600. The number of piperidine rings is 1. The van der Waals surface area contributed by atoms with Crippen molar-refractivity contribution in [2.24, 2.45) is 0 Å². The monoisotopic (exact) mass is 177 g/mol. The van der Waals surface area contributed by atoms with Crippen LogP contribution in [0.2, 0.25) is 0 Å². The topological polar surface area (TPSA) is 37.8 Å². The third-order valence-corrected chi connectivity index (χ3v) is 2.89. The van der Waals surface area contributed by atoms with Crippen LogP contribution in [0.4, 0.5) is 0 Å². The number of nitrogens with one attached hydrogen (secondary N) is 1. The zero-order valence-corrected chi connectivity index (χ0v) is 7.95. The molecule has 0 radical (unpaired) electrons. The highest BCUT2D eigenvalue weighted by atomic mass is 14.9. The molecular weight excluding hydrogens is 162 g/mol. The third-order valence-electron chi connectivity index (χ3n) is 2.89. The zero-order chi connectivity index (χ0) is 9.15. The van der Waals surface area contributed by atoms with E-state index in [1.807, 2.05) is 6.20 Å². The maximum Gasteiger partial charge on any atom is 0.0646 e. The average molecular weight is 177 g/mol. The van der Waals surface area contributed by atoms with Crippen LogP contribution in [0.5, 0.6) is 0 Å². The fourth-order valence-corrected chi connectivity index (χ4v) is 1.85. The second-order valence-corrected chi connectivity index (χ2v) is 3.90. The van der Waals surface area contributed by atoms with Crippen molar-refractivity contribution in [3.8, 4) is 0 Å². The van der Waals surface area contributed by atoms with Gasteiger partial charge in [0.2, 0.25) is 0 Å². The molecule has 13 heavy (non-hydrogen) atoms. The van der Waals surface area contributed by atoms with Gasteiger partial charge in [-0.2, -0.15) is 0 Å². The van der Waals surface area contributed by atoms with Gasteiger partial charge in [-0.05, 0) is 25.9 Å². The first-order valence-electron chi connectivity index (χ1n) is 4.78. The van der Waals surface area contributed by atoms with Gasteiger partial charge in [0.05, 0.1) is 5.69 Å². The first-order valence-corrected chi connectivity index (χ1v) is 4.78. The van der Waals surface area contributed by atoms with Crippen LogP contribution in [-0.4, -0.2) is 23.1 Å². The normalized spacial score (nSPS) is 21.3. The Hall–Kier alpha value is -0.960. The van der Waals surface area contributed by atoms with Crippen LogP contribution in [0.25, 0.3) is 0 Å². The quantitative estimate of drug-likeness (QED) is 0.698. The summed E-state index contributed by atoms with van der Waals surface area (Å²) in [5, 5.41) is 3.36. The third kappa shape index (κ3) is 1.70. The molecule has 0 bridgehead atoms. The van der Waals surface area contributed by atoms with Crippen molar-refractivity contribution in [3.05, 3.63) is 24.3 Å². The summed E-state index contributed by atoms with van der Waals surface area (Å²) in [5.74, 6) is 0. The van der Waals surface area contributed by atoms with E-state index in [0.29, 0.717) is 0 Å². The SMILES string of the molecule is CC1(c2cnccn2)CCNCC1. The predicted octanol–water partition coefficient (Wildman–Crippen LogP) is 1.12. The standard InChI is InChI=1S/C10H15N3/c1-10(2-4-11-5-3-10)9-8-12-6-7-13-9/h6-8,11H,2-5H2,1H3. The molecular formula is C10H15N3. The molecule has 0 saturated carbocycles. The molecule has 3 heteroatoms. The van der Waals surface area contributed by atoms with E-state index in [1.54, 1.807) is 12.4 Å². The summed E-state index contributed by atoms with van der Waals surface area (Å²) >= 11 is 0. The lowest BCUT2D eigenvalue weighted by atomic mass is 9.78. The summed E-state index contributed by atoms with van der Waals surface area (Å²) in [5.41, 5.74) is 1.37. The van der Waals surface area contributed by atoms with Gasteiger partial charge in [-0.25, -0.2) is 0 Å². The van der Waals surface area contributed by atoms with E-state index in [4.69, 9.17) is 0 Å². The molecule has 0 amide bonds. The molecule has 0 spiro atoms. The average Bonchev–Trinajstić information content (AvgIpc) is 2.20. The molecule has 1 N–H and O–H groups in total. The number of aromatic nitrogens is 2. The molecule has 1 saturated heterocycles. The maximum absolute atomic E-state index is 4.38. The van der Waals surface area contributed by atoms with Crippen LogP contribution in [-0.2, 0) is 5.41 Å². The lowest BCUT2D eigenvalue weighted by molar-refractivity contribution is 0.326. The van der Waals surface area contributed by atoms with Crippen molar-refractivity contribution in [1.82, 2.24) is 15.3 Å². The highest BCUT2D eigenvalue weighted by molar-refractivity contribution is 5.12. The van der Waals surface area contributed by atoms with Crippen LogP contribution in [0.1, 0.15) is 25.5 Å². The van der Waals surface area contributed by atoms with Crippen molar-refractivity contribution in [2.45, 2.75) is 25.2 Å². The van der Waals surface area contributed by atoms with Crippen LogP contribution in [0, 0.1) is 0 Å². The van der Waals surface area contributed by atoms with E-state index in [1.165, 1.54) is 0 Å². The Kier molecular flexibility index (Phi) is 2.27. The second-order valence-electron chi connectivity index (χ2n) is 3.90. The molecule has 3 nitrogen and oxygen atoms in total. The Balaban J connectivity index is 2.23. The molecule has 0 aliphatic carbocycles. The minimum absolute atomic E-state index is 0.236. The first-order chi connectivity index (χ1) is 6.31. The summed E-state index contributed by atoms with van der Waals surface area (Å²) in [6, 6.07) is 0. The first kappa shape index (κ1) is 8.63. The van der Waals surface area contributed by atoms with Crippen molar-refractivity contribution in [2.75, 3.05) is 13.1 Å². The van der Waals surface area contributed by atoms with E-state index < -0.39 is 0 Å². The largest absolute Gasteiger partial charge is 0.317 e. The number of hydrogen-bond acceptors (Lipinski definition) is 3. The highest BCUT2D eigenvalue weighted by Crippen LogP contribution is 2.30. The van der Waals surface area contributed by atoms with Crippen molar-refractivity contribution in [3.63, 3.8) is 0 Å². The minimum atomic E-state index is 0.236.